The summed E-state index contributed by atoms with van der Waals surface area (Å²) in [5.41, 5.74) is 2.06. The fraction of sp³-hybridized carbons (Fsp3) is 0.222. The number of benzene rings is 2. The molecular formula is C18H17NO3. The van der Waals surface area contributed by atoms with Crippen molar-refractivity contribution in [2.24, 2.45) is 0 Å². The first kappa shape index (κ1) is 14.3. The Hall–Kier alpha value is -2.62. The molecule has 0 spiro atoms. The summed E-state index contributed by atoms with van der Waals surface area (Å²) in [7, 11) is 0. The zero-order valence-corrected chi connectivity index (χ0v) is 12.4. The fourth-order valence-corrected chi connectivity index (χ4v) is 2.63. The minimum atomic E-state index is -0.243. The van der Waals surface area contributed by atoms with Gasteiger partial charge in [-0.25, -0.2) is 0 Å². The second-order valence-electron chi connectivity index (χ2n) is 5.12. The molecule has 1 aliphatic heterocycles. The molecule has 0 unspecified atom stereocenters. The van der Waals surface area contributed by atoms with E-state index < -0.39 is 0 Å². The van der Waals surface area contributed by atoms with Crippen LogP contribution in [0.2, 0.25) is 0 Å². The highest BCUT2D eigenvalue weighted by Crippen LogP contribution is 2.23. The number of hydrogen-bond acceptors (Lipinski definition) is 3. The van der Waals surface area contributed by atoms with Crippen molar-refractivity contribution in [2.75, 3.05) is 13.2 Å². The summed E-state index contributed by atoms with van der Waals surface area (Å²) in [6.45, 7) is 2.61. The lowest BCUT2D eigenvalue weighted by Crippen LogP contribution is -2.33. The van der Waals surface area contributed by atoms with Crippen molar-refractivity contribution in [2.45, 2.75) is 13.3 Å². The van der Waals surface area contributed by atoms with Crippen LogP contribution in [-0.2, 0) is 6.42 Å². The van der Waals surface area contributed by atoms with Gasteiger partial charge in [-0.05, 0) is 30.2 Å². The van der Waals surface area contributed by atoms with E-state index in [1.54, 1.807) is 24.3 Å². The maximum atomic E-state index is 12.2. The lowest BCUT2D eigenvalue weighted by molar-refractivity contribution is 0.0631. The number of fused-ring (bicyclic) bond motifs is 1. The van der Waals surface area contributed by atoms with Gasteiger partial charge in [0.15, 0.2) is 0 Å². The van der Waals surface area contributed by atoms with Crippen LogP contribution in [0.5, 0.6) is 5.75 Å². The summed E-state index contributed by atoms with van der Waals surface area (Å²) in [6, 6.07) is 14.7. The van der Waals surface area contributed by atoms with Gasteiger partial charge in [0.05, 0.1) is 17.7 Å². The second-order valence-corrected chi connectivity index (χ2v) is 5.12. The Morgan fingerprint density at radius 3 is 2.14 bits per heavy atom. The molecule has 0 saturated carbocycles. The van der Waals surface area contributed by atoms with Crippen molar-refractivity contribution in [1.29, 1.82) is 0 Å². The van der Waals surface area contributed by atoms with Gasteiger partial charge < -0.3 is 4.74 Å². The predicted octanol–water partition coefficient (Wildman–Crippen LogP) is 2.92. The average Bonchev–Trinajstić information content (AvgIpc) is 2.80. The van der Waals surface area contributed by atoms with Crippen LogP contribution in [0.1, 0.15) is 33.2 Å². The number of aryl methyl sites for hydroxylation is 1. The van der Waals surface area contributed by atoms with Crippen molar-refractivity contribution in [1.82, 2.24) is 4.90 Å². The van der Waals surface area contributed by atoms with Crippen molar-refractivity contribution in [3.05, 3.63) is 65.2 Å². The van der Waals surface area contributed by atoms with E-state index in [9.17, 15) is 9.59 Å². The zero-order chi connectivity index (χ0) is 15.5. The van der Waals surface area contributed by atoms with Gasteiger partial charge in [0.1, 0.15) is 12.4 Å². The van der Waals surface area contributed by atoms with E-state index in [4.69, 9.17) is 4.74 Å². The van der Waals surface area contributed by atoms with Gasteiger partial charge in [0.2, 0.25) is 0 Å². The van der Waals surface area contributed by atoms with Crippen LogP contribution in [0.4, 0.5) is 0 Å². The van der Waals surface area contributed by atoms with Gasteiger partial charge in [-0.1, -0.05) is 37.3 Å². The lowest BCUT2D eigenvalue weighted by atomic mass is 10.1. The van der Waals surface area contributed by atoms with Crippen LogP contribution in [0.3, 0.4) is 0 Å². The van der Waals surface area contributed by atoms with Crippen LogP contribution < -0.4 is 4.74 Å². The number of ether oxygens (including phenoxy) is 1. The molecule has 1 heterocycles. The summed E-state index contributed by atoms with van der Waals surface area (Å²) in [6.07, 6.45) is 0.878. The normalized spacial score (nSPS) is 13.4. The number of nitrogens with zero attached hydrogens (tertiary/aromatic N) is 1. The number of imide groups is 1. The van der Waals surface area contributed by atoms with E-state index >= 15 is 0 Å². The Balaban J connectivity index is 1.66. The van der Waals surface area contributed by atoms with Crippen molar-refractivity contribution < 1.29 is 14.3 Å². The Bertz CT molecular complexity index is 689. The molecule has 22 heavy (non-hydrogen) atoms. The Morgan fingerprint density at radius 1 is 0.909 bits per heavy atom. The van der Waals surface area contributed by atoms with E-state index in [0.717, 1.165) is 17.7 Å². The number of para-hydroxylation sites is 1. The number of carbonyl (C=O) groups excluding carboxylic acids is 2. The van der Waals surface area contributed by atoms with Crippen molar-refractivity contribution in [3.8, 4) is 5.75 Å². The molecule has 0 fully saturated rings. The number of hydrogen-bond donors (Lipinski definition) is 0. The molecule has 0 aliphatic carbocycles. The van der Waals surface area contributed by atoms with Gasteiger partial charge in [-0.15, -0.1) is 0 Å². The first-order valence-corrected chi connectivity index (χ1v) is 7.38. The molecule has 4 nitrogen and oxygen atoms in total. The number of carbonyl (C=O) groups is 2. The molecule has 0 N–H and O–H groups in total. The Labute approximate surface area is 129 Å². The molecule has 1 aliphatic rings. The summed E-state index contributed by atoms with van der Waals surface area (Å²) < 4.78 is 5.74. The van der Waals surface area contributed by atoms with Gasteiger partial charge in [-0.3, -0.25) is 14.5 Å². The van der Waals surface area contributed by atoms with E-state index in [1.807, 2.05) is 24.3 Å². The monoisotopic (exact) mass is 295 g/mol. The van der Waals surface area contributed by atoms with Crippen molar-refractivity contribution in [3.63, 3.8) is 0 Å². The zero-order valence-electron chi connectivity index (χ0n) is 12.4. The van der Waals surface area contributed by atoms with Crippen LogP contribution in [0.25, 0.3) is 0 Å². The average molecular weight is 295 g/mol. The van der Waals surface area contributed by atoms with Gasteiger partial charge in [0.25, 0.3) is 11.8 Å². The molecule has 0 radical (unpaired) electrons. The molecule has 0 atom stereocenters. The SMILES string of the molecule is CCc1ccccc1OCCN1C(=O)c2ccccc2C1=O. The molecule has 2 amide bonds. The molecule has 112 valence electrons. The molecule has 0 bridgehead atoms. The van der Waals surface area contributed by atoms with Gasteiger partial charge >= 0.3 is 0 Å². The van der Waals surface area contributed by atoms with E-state index in [0.29, 0.717) is 17.7 Å². The molecular weight excluding hydrogens is 278 g/mol. The van der Waals surface area contributed by atoms with Crippen LogP contribution in [0, 0.1) is 0 Å². The quantitative estimate of drug-likeness (QED) is 0.797. The highest BCUT2D eigenvalue weighted by Gasteiger charge is 2.34. The summed E-state index contributed by atoms with van der Waals surface area (Å²) in [5, 5.41) is 0. The maximum Gasteiger partial charge on any atom is 0.261 e. The molecule has 0 saturated heterocycles. The van der Waals surface area contributed by atoms with Crippen molar-refractivity contribution >= 4 is 11.8 Å². The van der Waals surface area contributed by atoms with E-state index in [2.05, 4.69) is 6.92 Å². The second kappa shape index (κ2) is 6.02. The van der Waals surface area contributed by atoms with E-state index in [-0.39, 0.29) is 18.4 Å². The standard InChI is InChI=1S/C18H17NO3/c1-2-13-7-3-6-10-16(13)22-12-11-19-17(20)14-8-4-5-9-15(14)18(19)21/h3-10H,2,11-12H2,1H3. The van der Waals surface area contributed by atoms with Gasteiger partial charge in [0, 0.05) is 0 Å². The lowest BCUT2D eigenvalue weighted by Gasteiger charge is -2.15. The number of rotatable bonds is 5. The maximum absolute atomic E-state index is 12.2. The van der Waals surface area contributed by atoms with E-state index in [1.165, 1.54) is 4.90 Å². The third-order valence-corrected chi connectivity index (χ3v) is 3.80. The summed E-state index contributed by atoms with van der Waals surface area (Å²) in [5.74, 6) is 0.322. The molecule has 2 aromatic carbocycles. The minimum Gasteiger partial charge on any atom is -0.491 e. The first-order chi connectivity index (χ1) is 10.7. The molecule has 3 rings (SSSR count). The fourth-order valence-electron chi connectivity index (χ4n) is 2.63. The highest BCUT2D eigenvalue weighted by molar-refractivity contribution is 6.21. The molecule has 4 heteroatoms. The third-order valence-electron chi connectivity index (χ3n) is 3.80. The van der Waals surface area contributed by atoms with Crippen LogP contribution in [-0.4, -0.2) is 29.9 Å². The largest absolute Gasteiger partial charge is 0.491 e. The smallest absolute Gasteiger partial charge is 0.261 e. The summed E-state index contributed by atoms with van der Waals surface area (Å²) >= 11 is 0. The third kappa shape index (κ3) is 2.48. The summed E-state index contributed by atoms with van der Waals surface area (Å²) in [4.78, 5) is 25.7. The molecule has 0 aromatic heterocycles. The first-order valence-electron chi connectivity index (χ1n) is 7.38. The Kier molecular flexibility index (Phi) is 3.92. The predicted molar refractivity (Wildman–Crippen MR) is 83.1 cm³/mol. The van der Waals surface area contributed by atoms with Gasteiger partial charge in [-0.2, -0.15) is 0 Å². The molecule has 2 aromatic rings. The van der Waals surface area contributed by atoms with Crippen LogP contribution >= 0.6 is 0 Å². The number of amides is 2. The minimum absolute atomic E-state index is 0.243. The van der Waals surface area contributed by atoms with Crippen LogP contribution in [0.15, 0.2) is 48.5 Å². The topological polar surface area (TPSA) is 46.6 Å². The highest BCUT2D eigenvalue weighted by atomic mass is 16.5. The Morgan fingerprint density at radius 2 is 1.50 bits per heavy atom.